The van der Waals surface area contributed by atoms with E-state index in [4.69, 9.17) is 0 Å². The van der Waals surface area contributed by atoms with E-state index in [0.29, 0.717) is 19.4 Å². The van der Waals surface area contributed by atoms with Crippen molar-refractivity contribution in [3.05, 3.63) is 65.2 Å². The fourth-order valence-corrected chi connectivity index (χ4v) is 5.13. The summed E-state index contributed by atoms with van der Waals surface area (Å²) in [5.41, 5.74) is 3.55. The van der Waals surface area contributed by atoms with E-state index in [2.05, 4.69) is 5.32 Å². The molecule has 0 aliphatic carbocycles. The van der Waals surface area contributed by atoms with Crippen LogP contribution in [0.3, 0.4) is 0 Å². The maximum absolute atomic E-state index is 12.9. The maximum Gasteiger partial charge on any atom is 0.228 e. The minimum atomic E-state index is -3.45. The van der Waals surface area contributed by atoms with Crippen molar-refractivity contribution in [2.24, 2.45) is 5.92 Å². The molecule has 0 aromatic heterocycles. The smallest absolute Gasteiger partial charge is 0.228 e. The van der Waals surface area contributed by atoms with E-state index in [0.717, 1.165) is 22.4 Å². The summed E-state index contributed by atoms with van der Waals surface area (Å²) in [5, 5.41) is 2.95. The molecule has 1 unspecified atom stereocenters. The van der Waals surface area contributed by atoms with Crippen molar-refractivity contribution < 1.29 is 13.2 Å². The fraction of sp³-hybridized carbons (Fsp3) is 0.381. The van der Waals surface area contributed by atoms with Gasteiger partial charge in [0.25, 0.3) is 0 Å². The molecule has 0 saturated carbocycles. The zero-order valence-corrected chi connectivity index (χ0v) is 16.6. The molecule has 1 heterocycles. The molecule has 1 N–H and O–H groups in total. The summed E-state index contributed by atoms with van der Waals surface area (Å²) >= 11 is 0. The molecule has 1 fully saturated rings. The number of amides is 1. The van der Waals surface area contributed by atoms with Gasteiger partial charge in [-0.1, -0.05) is 42.5 Å². The number of hydrogen-bond donors (Lipinski definition) is 1. The van der Waals surface area contributed by atoms with Gasteiger partial charge in [0.1, 0.15) is 0 Å². The summed E-state index contributed by atoms with van der Waals surface area (Å²) in [6.45, 7) is 4.57. The number of nitrogens with zero attached hydrogens (tertiary/aromatic N) is 1. The standard InChI is InChI=1S/C21H26N2O3S/c1-16-8-3-5-10-19(16)15-27(25,26)23-13-7-11-18(14-23)21(24)22-20-12-6-4-9-17(20)2/h3-6,8-10,12,18H,7,11,13-15H2,1-2H3,(H,22,24). The molecular formula is C21H26N2O3S. The van der Waals surface area contributed by atoms with Crippen molar-refractivity contribution in [2.45, 2.75) is 32.4 Å². The van der Waals surface area contributed by atoms with Crippen LogP contribution in [-0.2, 0) is 20.6 Å². The molecule has 6 heteroatoms. The summed E-state index contributed by atoms with van der Waals surface area (Å²) in [4.78, 5) is 12.7. The second kappa shape index (κ2) is 8.23. The van der Waals surface area contributed by atoms with Crippen molar-refractivity contribution >= 4 is 21.6 Å². The first-order chi connectivity index (χ1) is 12.9. The maximum atomic E-state index is 12.9. The number of aryl methyl sites for hydroxylation is 2. The first-order valence-electron chi connectivity index (χ1n) is 9.25. The second-order valence-electron chi connectivity index (χ2n) is 7.18. The summed E-state index contributed by atoms with van der Waals surface area (Å²) < 4.78 is 27.2. The van der Waals surface area contributed by atoms with Gasteiger partial charge in [-0.15, -0.1) is 0 Å². The van der Waals surface area contributed by atoms with E-state index in [-0.39, 0.29) is 24.1 Å². The number of para-hydroxylation sites is 1. The van der Waals surface area contributed by atoms with E-state index < -0.39 is 10.0 Å². The monoisotopic (exact) mass is 386 g/mol. The second-order valence-corrected chi connectivity index (χ2v) is 9.15. The number of carbonyl (C=O) groups is 1. The zero-order valence-electron chi connectivity index (χ0n) is 15.8. The minimum Gasteiger partial charge on any atom is -0.326 e. The van der Waals surface area contributed by atoms with Crippen molar-refractivity contribution in [2.75, 3.05) is 18.4 Å². The predicted octanol–water partition coefficient (Wildman–Crippen LogP) is 3.48. The Kier molecular flexibility index (Phi) is 5.97. The van der Waals surface area contributed by atoms with Crippen LogP contribution in [0.15, 0.2) is 48.5 Å². The number of nitrogens with one attached hydrogen (secondary N) is 1. The third-order valence-electron chi connectivity index (χ3n) is 5.15. The van der Waals surface area contributed by atoms with Crippen LogP contribution in [0.25, 0.3) is 0 Å². The average molecular weight is 387 g/mol. The molecule has 1 aliphatic heterocycles. The summed E-state index contributed by atoms with van der Waals surface area (Å²) in [5.74, 6) is -0.462. The van der Waals surface area contributed by atoms with E-state index in [1.807, 2.05) is 62.4 Å². The van der Waals surface area contributed by atoms with E-state index in [1.54, 1.807) is 0 Å². The van der Waals surface area contributed by atoms with Crippen LogP contribution in [0.1, 0.15) is 29.5 Å². The molecule has 1 saturated heterocycles. The highest BCUT2D eigenvalue weighted by atomic mass is 32.2. The van der Waals surface area contributed by atoms with Crippen LogP contribution < -0.4 is 5.32 Å². The van der Waals surface area contributed by atoms with Gasteiger partial charge < -0.3 is 5.32 Å². The van der Waals surface area contributed by atoms with Crippen molar-refractivity contribution in [3.8, 4) is 0 Å². The molecule has 1 amide bonds. The number of sulfonamides is 1. The molecule has 1 atom stereocenters. The number of rotatable bonds is 5. The predicted molar refractivity (Wildman–Crippen MR) is 108 cm³/mol. The number of carbonyl (C=O) groups excluding carboxylic acids is 1. The van der Waals surface area contributed by atoms with Gasteiger partial charge in [0.15, 0.2) is 0 Å². The Balaban J connectivity index is 1.69. The third-order valence-corrected chi connectivity index (χ3v) is 6.94. The van der Waals surface area contributed by atoms with Gasteiger partial charge in [-0.3, -0.25) is 4.79 Å². The molecule has 0 spiro atoms. The molecular weight excluding hydrogens is 360 g/mol. The van der Waals surface area contributed by atoms with Crippen LogP contribution in [-0.4, -0.2) is 31.7 Å². The average Bonchev–Trinajstić information content (AvgIpc) is 2.65. The normalized spacial score (nSPS) is 18.2. The first-order valence-corrected chi connectivity index (χ1v) is 10.9. The Labute approximate surface area is 161 Å². The molecule has 2 aromatic rings. The van der Waals surface area contributed by atoms with Crippen LogP contribution in [0, 0.1) is 19.8 Å². The van der Waals surface area contributed by atoms with E-state index in [1.165, 1.54) is 4.31 Å². The van der Waals surface area contributed by atoms with Crippen molar-refractivity contribution in [1.82, 2.24) is 4.31 Å². The van der Waals surface area contributed by atoms with Crippen LogP contribution in [0.5, 0.6) is 0 Å². The van der Waals surface area contributed by atoms with Crippen LogP contribution >= 0.6 is 0 Å². The summed E-state index contributed by atoms with van der Waals surface area (Å²) in [6.07, 6.45) is 1.40. The van der Waals surface area contributed by atoms with Gasteiger partial charge in [-0.05, 0) is 49.4 Å². The minimum absolute atomic E-state index is 0.0220. The van der Waals surface area contributed by atoms with Gasteiger partial charge in [0.05, 0.1) is 11.7 Å². The summed E-state index contributed by atoms with van der Waals surface area (Å²) in [6, 6.07) is 15.1. The first kappa shape index (κ1) is 19.6. The Morgan fingerprint density at radius 1 is 1.07 bits per heavy atom. The highest BCUT2D eigenvalue weighted by molar-refractivity contribution is 7.88. The number of hydrogen-bond acceptors (Lipinski definition) is 3. The van der Waals surface area contributed by atoms with Gasteiger partial charge in [0, 0.05) is 18.8 Å². The molecule has 5 nitrogen and oxygen atoms in total. The molecule has 144 valence electrons. The lowest BCUT2D eigenvalue weighted by Crippen LogP contribution is -2.44. The lowest BCUT2D eigenvalue weighted by atomic mass is 9.98. The summed E-state index contributed by atoms with van der Waals surface area (Å²) in [7, 11) is -3.45. The lowest BCUT2D eigenvalue weighted by molar-refractivity contribution is -0.120. The third kappa shape index (κ3) is 4.76. The van der Waals surface area contributed by atoms with Gasteiger partial charge in [-0.25, -0.2) is 12.7 Å². The van der Waals surface area contributed by atoms with Gasteiger partial charge in [0.2, 0.25) is 15.9 Å². The fourth-order valence-electron chi connectivity index (χ4n) is 3.42. The molecule has 3 rings (SSSR count). The highest BCUT2D eigenvalue weighted by Gasteiger charge is 2.32. The molecule has 0 bridgehead atoms. The highest BCUT2D eigenvalue weighted by Crippen LogP contribution is 2.24. The Hall–Kier alpha value is -2.18. The van der Waals surface area contributed by atoms with Crippen LogP contribution in [0.2, 0.25) is 0 Å². The molecule has 1 aliphatic rings. The van der Waals surface area contributed by atoms with Crippen molar-refractivity contribution in [1.29, 1.82) is 0 Å². The lowest BCUT2D eigenvalue weighted by Gasteiger charge is -2.31. The largest absolute Gasteiger partial charge is 0.326 e. The SMILES string of the molecule is Cc1ccccc1CS(=O)(=O)N1CCCC(C(=O)Nc2ccccc2C)C1. The van der Waals surface area contributed by atoms with Crippen LogP contribution in [0.4, 0.5) is 5.69 Å². The van der Waals surface area contributed by atoms with E-state index >= 15 is 0 Å². The topological polar surface area (TPSA) is 66.5 Å². The quantitative estimate of drug-likeness (QED) is 0.855. The number of piperidine rings is 1. The number of benzene rings is 2. The van der Waals surface area contributed by atoms with Gasteiger partial charge >= 0.3 is 0 Å². The van der Waals surface area contributed by atoms with Gasteiger partial charge in [-0.2, -0.15) is 0 Å². The Morgan fingerprint density at radius 3 is 2.44 bits per heavy atom. The van der Waals surface area contributed by atoms with E-state index in [9.17, 15) is 13.2 Å². The molecule has 27 heavy (non-hydrogen) atoms. The Bertz CT molecular complexity index is 925. The molecule has 0 radical (unpaired) electrons. The Morgan fingerprint density at radius 2 is 1.74 bits per heavy atom. The van der Waals surface area contributed by atoms with Crippen molar-refractivity contribution in [3.63, 3.8) is 0 Å². The number of anilines is 1. The zero-order chi connectivity index (χ0) is 19.4. The molecule has 2 aromatic carbocycles.